The highest BCUT2D eigenvalue weighted by atomic mass is 16.5. The van der Waals surface area contributed by atoms with Gasteiger partial charge in [0.05, 0.1) is 23.6 Å². The summed E-state index contributed by atoms with van der Waals surface area (Å²) in [6, 6.07) is 14.3. The molecule has 7 nitrogen and oxygen atoms in total. The first kappa shape index (κ1) is 19.2. The lowest BCUT2D eigenvalue weighted by molar-refractivity contribution is -0.139. The summed E-state index contributed by atoms with van der Waals surface area (Å²) in [4.78, 5) is 23.5. The van der Waals surface area contributed by atoms with E-state index in [1.54, 1.807) is 31.2 Å². The quantitative estimate of drug-likeness (QED) is 0.744. The van der Waals surface area contributed by atoms with Crippen LogP contribution in [0, 0.1) is 0 Å². The number of rotatable bonds is 7. The lowest BCUT2D eigenvalue weighted by Gasteiger charge is -2.12. The molecule has 0 saturated carbocycles. The number of hydrazone groups is 1. The van der Waals surface area contributed by atoms with Gasteiger partial charge in [0, 0.05) is 0 Å². The van der Waals surface area contributed by atoms with Crippen molar-refractivity contribution in [2.75, 3.05) is 18.2 Å². The average molecular weight is 380 g/mol. The third kappa shape index (κ3) is 4.20. The molecule has 0 spiro atoms. The molecule has 1 heterocycles. The predicted molar refractivity (Wildman–Crippen MR) is 106 cm³/mol. The van der Waals surface area contributed by atoms with Gasteiger partial charge in [-0.15, -0.1) is 0 Å². The summed E-state index contributed by atoms with van der Waals surface area (Å²) in [6.07, 6.45) is 1.73. The number of ether oxygens (including phenoxy) is 2. The Hall–Kier alpha value is -3.61. The van der Waals surface area contributed by atoms with Crippen LogP contribution in [0.3, 0.4) is 0 Å². The van der Waals surface area contributed by atoms with Crippen LogP contribution in [0.2, 0.25) is 0 Å². The molecule has 0 fully saturated rings. The van der Waals surface area contributed by atoms with E-state index < -0.39 is 12.6 Å². The molecule has 28 heavy (non-hydrogen) atoms. The zero-order valence-electron chi connectivity index (χ0n) is 15.6. The van der Waals surface area contributed by atoms with Crippen molar-refractivity contribution in [3.63, 3.8) is 0 Å². The first-order chi connectivity index (χ1) is 13.5. The van der Waals surface area contributed by atoms with E-state index in [1.807, 2.05) is 37.3 Å². The number of anilines is 1. The standard InChI is InChI=1S/C21H20N2O5/c1-3-27-19-12-15(9-10-18(19)28-13-20(24)25)11-17-14(2)22-23(21(17)26)16-7-5-4-6-8-16/h4-12H,3,13H2,1-2H3,(H,24,25)/b17-11+. The van der Waals surface area contributed by atoms with Crippen molar-refractivity contribution in [3.8, 4) is 11.5 Å². The Morgan fingerprint density at radius 2 is 1.89 bits per heavy atom. The van der Waals surface area contributed by atoms with Crippen molar-refractivity contribution < 1.29 is 24.2 Å². The van der Waals surface area contributed by atoms with Gasteiger partial charge in [-0.3, -0.25) is 4.79 Å². The van der Waals surface area contributed by atoms with Crippen LogP contribution in [-0.2, 0) is 9.59 Å². The lowest BCUT2D eigenvalue weighted by atomic mass is 10.1. The number of carboxylic acids is 1. The Morgan fingerprint density at radius 1 is 1.14 bits per heavy atom. The van der Waals surface area contributed by atoms with Gasteiger partial charge in [0.2, 0.25) is 0 Å². The van der Waals surface area contributed by atoms with Crippen LogP contribution in [0.4, 0.5) is 5.69 Å². The second kappa shape index (κ2) is 8.39. The third-order valence-electron chi connectivity index (χ3n) is 3.99. The molecular weight excluding hydrogens is 360 g/mol. The molecule has 144 valence electrons. The molecule has 0 atom stereocenters. The van der Waals surface area contributed by atoms with E-state index in [2.05, 4.69) is 5.10 Å². The van der Waals surface area contributed by atoms with E-state index in [0.29, 0.717) is 35.1 Å². The molecule has 0 radical (unpaired) electrons. The summed E-state index contributed by atoms with van der Waals surface area (Å²) < 4.78 is 10.8. The molecule has 1 amide bonds. The van der Waals surface area contributed by atoms with Crippen LogP contribution < -0.4 is 14.5 Å². The van der Waals surface area contributed by atoms with Gasteiger partial charge in [-0.05, 0) is 49.8 Å². The number of benzene rings is 2. The zero-order valence-corrected chi connectivity index (χ0v) is 15.6. The predicted octanol–water partition coefficient (Wildman–Crippen LogP) is 3.35. The van der Waals surface area contributed by atoms with Crippen molar-refractivity contribution in [3.05, 3.63) is 59.7 Å². The number of carbonyl (C=O) groups is 2. The topological polar surface area (TPSA) is 88.4 Å². The van der Waals surface area contributed by atoms with Crippen molar-refractivity contribution in [2.45, 2.75) is 13.8 Å². The molecule has 0 aromatic heterocycles. The summed E-state index contributed by atoms with van der Waals surface area (Å²) in [7, 11) is 0. The summed E-state index contributed by atoms with van der Waals surface area (Å²) in [5.41, 5.74) is 2.50. The molecule has 7 heteroatoms. The van der Waals surface area contributed by atoms with Crippen molar-refractivity contribution >= 4 is 29.4 Å². The smallest absolute Gasteiger partial charge is 0.341 e. The number of aliphatic carboxylic acids is 1. The first-order valence-corrected chi connectivity index (χ1v) is 8.78. The van der Waals surface area contributed by atoms with Crippen LogP contribution in [-0.4, -0.2) is 35.9 Å². The minimum Gasteiger partial charge on any atom is -0.490 e. The lowest BCUT2D eigenvalue weighted by Crippen LogP contribution is -2.21. The molecular formula is C21H20N2O5. The highest BCUT2D eigenvalue weighted by molar-refractivity contribution is 6.32. The Morgan fingerprint density at radius 3 is 2.57 bits per heavy atom. The fourth-order valence-electron chi connectivity index (χ4n) is 2.74. The second-order valence-electron chi connectivity index (χ2n) is 6.02. The van der Waals surface area contributed by atoms with E-state index in [0.717, 1.165) is 5.56 Å². The fourth-order valence-corrected chi connectivity index (χ4v) is 2.74. The monoisotopic (exact) mass is 380 g/mol. The molecule has 0 bridgehead atoms. The molecule has 3 rings (SSSR count). The van der Waals surface area contributed by atoms with Gasteiger partial charge in [0.15, 0.2) is 18.1 Å². The van der Waals surface area contributed by atoms with Crippen molar-refractivity contribution in [1.29, 1.82) is 0 Å². The fraction of sp³-hybridized carbons (Fsp3) is 0.190. The normalized spacial score (nSPS) is 14.9. The first-order valence-electron chi connectivity index (χ1n) is 8.78. The largest absolute Gasteiger partial charge is 0.490 e. The van der Waals surface area contributed by atoms with Crippen LogP contribution in [0.1, 0.15) is 19.4 Å². The Bertz CT molecular complexity index is 951. The minimum absolute atomic E-state index is 0.215. The molecule has 2 aromatic rings. The van der Waals surface area contributed by atoms with E-state index in [1.165, 1.54) is 5.01 Å². The molecule has 1 N–H and O–H groups in total. The van der Waals surface area contributed by atoms with E-state index in [-0.39, 0.29) is 5.91 Å². The molecule has 2 aromatic carbocycles. The Balaban J connectivity index is 1.88. The maximum Gasteiger partial charge on any atom is 0.341 e. The highest BCUT2D eigenvalue weighted by Crippen LogP contribution is 2.31. The van der Waals surface area contributed by atoms with E-state index in [9.17, 15) is 9.59 Å². The SMILES string of the molecule is CCOc1cc(/C=C2/C(=O)N(c3ccccc3)N=C2C)ccc1OCC(=O)O. The van der Waals surface area contributed by atoms with Crippen LogP contribution in [0.25, 0.3) is 6.08 Å². The number of carboxylic acid groups (broad SMARTS) is 1. The van der Waals surface area contributed by atoms with Gasteiger partial charge < -0.3 is 14.6 Å². The molecule has 1 aliphatic rings. The van der Waals surface area contributed by atoms with Gasteiger partial charge in [-0.25, -0.2) is 4.79 Å². The van der Waals surface area contributed by atoms with Crippen LogP contribution >= 0.6 is 0 Å². The number of hydrogen-bond donors (Lipinski definition) is 1. The number of amides is 1. The highest BCUT2D eigenvalue weighted by Gasteiger charge is 2.28. The molecule has 0 aliphatic carbocycles. The summed E-state index contributed by atoms with van der Waals surface area (Å²) in [5, 5.41) is 14.5. The number of hydrogen-bond acceptors (Lipinski definition) is 5. The second-order valence-corrected chi connectivity index (χ2v) is 6.02. The summed E-state index contributed by atoms with van der Waals surface area (Å²) in [6.45, 7) is 3.53. The minimum atomic E-state index is -1.07. The van der Waals surface area contributed by atoms with Gasteiger partial charge in [-0.2, -0.15) is 10.1 Å². The maximum absolute atomic E-state index is 12.8. The number of carbonyl (C=O) groups excluding carboxylic acids is 1. The van der Waals surface area contributed by atoms with Crippen molar-refractivity contribution in [2.24, 2.45) is 5.10 Å². The summed E-state index contributed by atoms with van der Waals surface area (Å²) in [5.74, 6) is -0.538. The molecule has 0 unspecified atom stereocenters. The molecule has 0 saturated heterocycles. The van der Waals surface area contributed by atoms with Gasteiger partial charge in [-0.1, -0.05) is 24.3 Å². The van der Waals surface area contributed by atoms with E-state index >= 15 is 0 Å². The maximum atomic E-state index is 12.8. The summed E-state index contributed by atoms with van der Waals surface area (Å²) >= 11 is 0. The number of para-hydroxylation sites is 1. The Kier molecular flexibility index (Phi) is 5.74. The van der Waals surface area contributed by atoms with Gasteiger partial charge >= 0.3 is 5.97 Å². The van der Waals surface area contributed by atoms with Crippen LogP contribution in [0.5, 0.6) is 11.5 Å². The molecule has 1 aliphatic heterocycles. The van der Waals surface area contributed by atoms with Gasteiger partial charge in [0.25, 0.3) is 5.91 Å². The van der Waals surface area contributed by atoms with Gasteiger partial charge in [0.1, 0.15) is 0 Å². The zero-order chi connectivity index (χ0) is 20.1. The third-order valence-corrected chi connectivity index (χ3v) is 3.99. The number of nitrogens with zero attached hydrogens (tertiary/aromatic N) is 2. The van der Waals surface area contributed by atoms with Crippen LogP contribution in [0.15, 0.2) is 59.2 Å². The van der Waals surface area contributed by atoms with Crippen molar-refractivity contribution in [1.82, 2.24) is 0 Å². The Labute approximate surface area is 162 Å². The average Bonchev–Trinajstić information content (AvgIpc) is 2.96. The van der Waals surface area contributed by atoms with E-state index in [4.69, 9.17) is 14.6 Å².